The Morgan fingerprint density at radius 1 is 1.32 bits per heavy atom. The number of carbonyl (C=O) groups is 2. The van der Waals surface area contributed by atoms with Crippen molar-refractivity contribution in [2.75, 3.05) is 13.6 Å². The van der Waals surface area contributed by atoms with Gasteiger partial charge in [0.25, 0.3) is 5.91 Å². The van der Waals surface area contributed by atoms with Gasteiger partial charge in [-0.25, -0.2) is 9.37 Å². The van der Waals surface area contributed by atoms with E-state index in [-0.39, 0.29) is 17.4 Å². The van der Waals surface area contributed by atoms with Gasteiger partial charge in [0.1, 0.15) is 17.7 Å². The van der Waals surface area contributed by atoms with Crippen LogP contribution < -0.4 is 16.0 Å². The van der Waals surface area contributed by atoms with Crippen LogP contribution in [0.4, 0.5) is 4.39 Å². The zero-order valence-corrected chi connectivity index (χ0v) is 16.6. The van der Waals surface area contributed by atoms with E-state index < -0.39 is 17.4 Å². The van der Waals surface area contributed by atoms with Gasteiger partial charge in [-0.15, -0.1) is 0 Å². The molecule has 1 aromatic heterocycles. The summed E-state index contributed by atoms with van der Waals surface area (Å²) in [5, 5.41) is 8.65. The zero-order valence-electron chi connectivity index (χ0n) is 16.6. The van der Waals surface area contributed by atoms with E-state index in [0.717, 1.165) is 12.2 Å². The summed E-state index contributed by atoms with van der Waals surface area (Å²) >= 11 is 0. The first-order chi connectivity index (χ1) is 13.2. The van der Waals surface area contributed by atoms with Crippen LogP contribution in [-0.4, -0.2) is 41.0 Å². The summed E-state index contributed by atoms with van der Waals surface area (Å²) in [6.07, 6.45) is 0. The number of benzene rings is 1. The molecular weight excluding hydrogens is 361 g/mol. The molecule has 1 aliphatic rings. The minimum Gasteiger partial charge on any atom is -0.357 e. The minimum atomic E-state index is -0.712. The van der Waals surface area contributed by atoms with Gasteiger partial charge in [-0.1, -0.05) is 32.9 Å². The van der Waals surface area contributed by atoms with E-state index in [1.807, 2.05) is 25.3 Å². The van der Waals surface area contributed by atoms with Crippen LogP contribution in [0.1, 0.15) is 37.0 Å². The molecule has 0 bridgehead atoms. The average molecular weight is 387 g/mol. The van der Waals surface area contributed by atoms with Crippen LogP contribution >= 0.6 is 0 Å². The van der Waals surface area contributed by atoms with E-state index in [1.165, 1.54) is 19.2 Å². The Hall–Kier alpha value is -2.74. The lowest BCUT2D eigenvalue weighted by atomic mass is 9.86. The molecule has 0 saturated heterocycles. The summed E-state index contributed by atoms with van der Waals surface area (Å²) in [6, 6.07) is 5.45. The molecule has 0 spiro atoms. The fourth-order valence-electron chi connectivity index (χ4n) is 3.35. The average Bonchev–Trinajstić information content (AvgIpc) is 3.04. The number of fused-ring (bicyclic) bond motifs is 1. The van der Waals surface area contributed by atoms with E-state index >= 15 is 0 Å². The Bertz CT molecular complexity index is 900. The number of hydrogen-bond acceptors (Lipinski definition) is 4. The van der Waals surface area contributed by atoms with Crippen molar-refractivity contribution in [3.63, 3.8) is 0 Å². The van der Waals surface area contributed by atoms with Crippen LogP contribution in [0, 0.1) is 11.2 Å². The summed E-state index contributed by atoms with van der Waals surface area (Å²) in [7, 11) is 1.54. The van der Waals surface area contributed by atoms with Crippen LogP contribution in [0.15, 0.2) is 24.3 Å². The largest absolute Gasteiger partial charge is 0.357 e. The van der Waals surface area contributed by atoms with E-state index in [4.69, 9.17) is 0 Å². The molecule has 0 fully saturated rings. The Morgan fingerprint density at radius 3 is 2.71 bits per heavy atom. The maximum absolute atomic E-state index is 13.7. The molecule has 2 amide bonds. The summed E-state index contributed by atoms with van der Waals surface area (Å²) in [5.41, 5.74) is 1.12. The maximum Gasteiger partial charge on any atom is 0.272 e. The Labute approximate surface area is 163 Å². The van der Waals surface area contributed by atoms with Gasteiger partial charge in [0, 0.05) is 32.2 Å². The van der Waals surface area contributed by atoms with Gasteiger partial charge < -0.3 is 20.5 Å². The van der Waals surface area contributed by atoms with Crippen LogP contribution in [0.5, 0.6) is 0 Å². The van der Waals surface area contributed by atoms with E-state index in [2.05, 4.69) is 20.9 Å². The number of nitrogens with one attached hydrogen (secondary N) is 3. The fourth-order valence-corrected chi connectivity index (χ4v) is 3.35. The van der Waals surface area contributed by atoms with Crippen molar-refractivity contribution in [3.05, 3.63) is 41.5 Å². The normalized spacial score (nSPS) is 14.9. The molecule has 0 saturated carbocycles. The molecular formula is C20H26FN5O2. The summed E-state index contributed by atoms with van der Waals surface area (Å²) in [5.74, 6) is -0.494. The fraction of sp³-hybridized carbons (Fsp3) is 0.450. The van der Waals surface area contributed by atoms with Gasteiger partial charge in [0.05, 0.1) is 5.69 Å². The topological polar surface area (TPSA) is 88.1 Å². The SMILES string of the molecule is CNC(=O)C(NC(=O)c1nc(-c2cccc(F)c2)n2c1CNCC2)C(C)(C)C. The van der Waals surface area contributed by atoms with Gasteiger partial charge >= 0.3 is 0 Å². The molecule has 8 heteroatoms. The zero-order chi connectivity index (χ0) is 20.5. The first-order valence-corrected chi connectivity index (χ1v) is 9.31. The van der Waals surface area contributed by atoms with Crippen molar-refractivity contribution in [1.29, 1.82) is 0 Å². The van der Waals surface area contributed by atoms with Crippen molar-refractivity contribution in [1.82, 2.24) is 25.5 Å². The van der Waals surface area contributed by atoms with Gasteiger partial charge in [-0.05, 0) is 17.5 Å². The van der Waals surface area contributed by atoms with Gasteiger partial charge in [0.15, 0.2) is 5.69 Å². The predicted octanol–water partition coefficient (Wildman–Crippen LogP) is 1.68. The molecule has 3 rings (SSSR count). The molecule has 0 radical (unpaired) electrons. The number of hydrogen-bond donors (Lipinski definition) is 3. The molecule has 2 aromatic rings. The monoisotopic (exact) mass is 387 g/mol. The first-order valence-electron chi connectivity index (χ1n) is 9.31. The summed E-state index contributed by atoms with van der Waals surface area (Å²) < 4.78 is 15.6. The van der Waals surface area contributed by atoms with Crippen molar-refractivity contribution in [2.45, 2.75) is 39.9 Å². The highest BCUT2D eigenvalue weighted by Crippen LogP contribution is 2.26. The molecule has 1 atom stereocenters. The van der Waals surface area contributed by atoms with Crippen molar-refractivity contribution < 1.29 is 14.0 Å². The lowest BCUT2D eigenvalue weighted by Gasteiger charge is -2.29. The van der Waals surface area contributed by atoms with E-state index in [9.17, 15) is 14.0 Å². The number of amides is 2. The molecule has 1 aromatic carbocycles. The van der Waals surface area contributed by atoms with E-state index in [0.29, 0.717) is 24.5 Å². The lowest BCUT2D eigenvalue weighted by molar-refractivity contribution is -0.124. The molecule has 2 heterocycles. The lowest BCUT2D eigenvalue weighted by Crippen LogP contribution is -2.53. The van der Waals surface area contributed by atoms with Gasteiger partial charge in [0.2, 0.25) is 5.91 Å². The van der Waals surface area contributed by atoms with Gasteiger partial charge in [-0.2, -0.15) is 0 Å². The Balaban J connectivity index is 2.00. The van der Waals surface area contributed by atoms with Crippen LogP contribution in [0.25, 0.3) is 11.4 Å². The number of rotatable bonds is 4. The van der Waals surface area contributed by atoms with Crippen LogP contribution in [-0.2, 0) is 17.9 Å². The number of aromatic nitrogens is 2. The van der Waals surface area contributed by atoms with Crippen molar-refractivity contribution in [2.24, 2.45) is 5.41 Å². The molecule has 1 aliphatic heterocycles. The number of imidazole rings is 1. The molecule has 0 aliphatic carbocycles. The molecule has 3 N–H and O–H groups in total. The molecule has 150 valence electrons. The van der Waals surface area contributed by atoms with Crippen molar-refractivity contribution in [3.8, 4) is 11.4 Å². The first kappa shape index (κ1) is 20.0. The third-order valence-corrected chi connectivity index (χ3v) is 4.83. The number of halogens is 1. The second kappa shape index (κ2) is 7.71. The minimum absolute atomic E-state index is 0.254. The van der Waals surface area contributed by atoms with Crippen LogP contribution in [0.3, 0.4) is 0 Å². The second-order valence-electron chi connectivity index (χ2n) is 7.96. The predicted molar refractivity (Wildman–Crippen MR) is 104 cm³/mol. The molecule has 28 heavy (non-hydrogen) atoms. The third kappa shape index (κ3) is 3.91. The highest BCUT2D eigenvalue weighted by Gasteiger charge is 2.34. The van der Waals surface area contributed by atoms with Gasteiger partial charge in [-0.3, -0.25) is 9.59 Å². The Kier molecular flexibility index (Phi) is 5.51. The van der Waals surface area contributed by atoms with Crippen LogP contribution in [0.2, 0.25) is 0 Å². The number of carbonyl (C=O) groups excluding carboxylic acids is 2. The maximum atomic E-state index is 13.7. The summed E-state index contributed by atoms with van der Waals surface area (Å²) in [6.45, 7) is 7.49. The quantitative estimate of drug-likeness (QED) is 0.745. The number of likely N-dealkylation sites (N-methyl/N-ethyl adjacent to an activating group) is 1. The van der Waals surface area contributed by atoms with Crippen molar-refractivity contribution >= 4 is 11.8 Å². The Morgan fingerprint density at radius 2 is 2.07 bits per heavy atom. The highest BCUT2D eigenvalue weighted by atomic mass is 19.1. The highest BCUT2D eigenvalue weighted by molar-refractivity contribution is 5.97. The standard InChI is InChI=1S/C20H26FN5O2/c1-20(2,3)16(19(28)22-4)25-18(27)15-14-11-23-8-9-26(14)17(24-15)12-6-5-7-13(21)10-12/h5-7,10,16,23H,8-9,11H2,1-4H3,(H,22,28)(H,25,27). The molecule has 7 nitrogen and oxygen atoms in total. The second-order valence-corrected chi connectivity index (χ2v) is 7.96. The summed E-state index contributed by atoms with van der Waals surface area (Å²) in [4.78, 5) is 29.8. The smallest absolute Gasteiger partial charge is 0.272 e. The third-order valence-electron chi connectivity index (χ3n) is 4.83. The molecule has 1 unspecified atom stereocenters. The number of nitrogens with zero attached hydrogens (tertiary/aromatic N) is 2. The van der Waals surface area contributed by atoms with E-state index in [1.54, 1.807) is 12.1 Å².